The van der Waals surface area contributed by atoms with Crippen molar-refractivity contribution in [3.63, 3.8) is 0 Å². The summed E-state index contributed by atoms with van der Waals surface area (Å²) in [5.74, 6) is 1.33. The van der Waals surface area contributed by atoms with Gasteiger partial charge in [0.1, 0.15) is 0 Å². The van der Waals surface area contributed by atoms with Crippen molar-refractivity contribution in [2.45, 2.75) is 39.7 Å². The van der Waals surface area contributed by atoms with E-state index in [9.17, 15) is 4.79 Å². The molecule has 3 nitrogen and oxygen atoms in total. The number of carbonyl (C=O) groups excluding carboxylic acids is 1. The zero-order valence-corrected chi connectivity index (χ0v) is 14.9. The molecule has 0 saturated heterocycles. The van der Waals surface area contributed by atoms with Gasteiger partial charge in [-0.2, -0.15) is 0 Å². The molecule has 0 fully saturated rings. The average molecular weight is 355 g/mol. The van der Waals surface area contributed by atoms with E-state index < -0.39 is 0 Å². The minimum absolute atomic E-state index is 0.209. The summed E-state index contributed by atoms with van der Waals surface area (Å²) < 4.78 is 1.06. The lowest BCUT2D eigenvalue weighted by Crippen LogP contribution is -2.27. The van der Waals surface area contributed by atoms with Crippen molar-refractivity contribution < 1.29 is 4.79 Å². The summed E-state index contributed by atoms with van der Waals surface area (Å²) >= 11 is 3.42. The summed E-state index contributed by atoms with van der Waals surface area (Å²) in [7, 11) is 1.87. The van der Waals surface area contributed by atoms with Gasteiger partial charge in [0.15, 0.2) is 0 Å². The lowest BCUT2D eigenvalue weighted by molar-refractivity contribution is -0.130. The van der Waals surface area contributed by atoms with Crippen molar-refractivity contribution in [2.24, 2.45) is 17.6 Å². The number of nitrogens with zero attached hydrogens (tertiary/aromatic N) is 1. The number of carbonyl (C=O) groups is 1. The van der Waals surface area contributed by atoms with Gasteiger partial charge in [0.25, 0.3) is 0 Å². The zero-order valence-electron chi connectivity index (χ0n) is 13.3. The smallest absolute Gasteiger partial charge is 0.222 e. The maximum atomic E-state index is 12.2. The first kappa shape index (κ1) is 18.2. The molecule has 2 N–H and O–H groups in total. The summed E-state index contributed by atoms with van der Waals surface area (Å²) in [5.41, 5.74) is 6.80. The summed E-state index contributed by atoms with van der Waals surface area (Å²) in [6, 6.07) is 8.09. The molecule has 0 saturated carbocycles. The van der Waals surface area contributed by atoms with E-state index in [-0.39, 0.29) is 5.91 Å². The summed E-state index contributed by atoms with van der Waals surface area (Å²) in [6.45, 7) is 5.77. The normalized spacial score (nSPS) is 12.5. The molecule has 21 heavy (non-hydrogen) atoms. The third-order valence-electron chi connectivity index (χ3n) is 3.97. The topological polar surface area (TPSA) is 46.3 Å². The molecule has 1 aromatic rings. The Kier molecular flexibility index (Phi) is 7.97. The molecule has 0 spiro atoms. The van der Waals surface area contributed by atoms with E-state index in [1.54, 1.807) is 0 Å². The van der Waals surface area contributed by atoms with E-state index in [1.165, 1.54) is 0 Å². The predicted octanol–water partition coefficient (Wildman–Crippen LogP) is 3.81. The summed E-state index contributed by atoms with van der Waals surface area (Å²) in [5, 5.41) is 0. The monoisotopic (exact) mass is 354 g/mol. The molecule has 1 aromatic carbocycles. The fourth-order valence-electron chi connectivity index (χ4n) is 2.48. The van der Waals surface area contributed by atoms with Crippen LogP contribution in [0.25, 0.3) is 0 Å². The number of rotatable bonds is 8. The van der Waals surface area contributed by atoms with Gasteiger partial charge in [0.2, 0.25) is 5.91 Å². The maximum absolute atomic E-state index is 12.2. The van der Waals surface area contributed by atoms with Gasteiger partial charge in [-0.25, -0.2) is 0 Å². The van der Waals surface area contributed by atoms with Crippen molar-refractivity contribution in [3.8, 4) is 0 Å². The Hall–Kier alpha value is -0.870. The molecule has 1 atom stereocenters. The number of amides is 1. The van der Waals surface area contributed by atoms with E-state index in [0.29, 0.717) is 31.3 Å². The highest BCUT2D eigenvalue weighted by Crippen LogP contribution is 2.21. The SMILES string of the molecule is CC(C)C(CCN)CCC(=O)N(C)Cc1ccc(Br)cc1. The van der Waals surface area contributed by atoms with Crippen molar-refractivity contribution in [2.75, 3.05) is 13.6 Å². The maximum Gasteiger partial charge on any atom is 0.222 e. The Morgan fingerprint density at radius 2 is 1.86 bits per heavy atom. The third-order valence-corrected chi connectivity index (χ3v) is 4.50. The van der Waals surface area contributed by atoms with Crippen LogP contribution in [0.4, 0.5) is 0 Å². The minimum atomic E-state index is 0.209. The van der Waals surface area contributed by atoms with Crippen molar-refractivity contribution in [1.82, 2.24) is 4.90 Å². The van der Waals surface area contributed by atoms with Crippen LogP contribution in [0.2, 0.25) is 0 Å². The molecule has 0 bridgehead atoms. The highest BCUT2D eigenvalue weighted by molar-refractivity contribution is 9.10. The molecule has 1 unspecified atom stereocenters. The molecule has 1 amide bonds. The number of nitrogens with two attached hydrogens (primary N) is 1. The molecule has 118 valence electrons. The van der Waals surface area contributed by atoms with Crippen LogP contribution in [-0.2, 0) is 11.3 Å². The number of hydrogen-bond acceptors (Lipinski definition) is 2. The predicted molar refractivity (Wildman–Crippen MR) is 91.8 cm³/mol. The molecule has 0 radical (unpaired) electrons. The van der Waals surface area contributed by atoms with Crippen LogP contribution in [-0.4, -0.2) is 24.4 Å². The van der Waals surface area contributed by atoms with Crippen LogP contribution in [0.15, 0.2) is 28.7 Å². The molecule has 0 aliphatic carbocycles. The van der Waals surface area contributed by atoms with Gasteiger partial charge in [-0.15, -0.1) is 0 Å². The standard InChI is InChI=1S/C17H27BrN2O/c1-13(2)15(10-11-19)6-9-17(21)20(3)12-14-4-7-16(18)8-5-14/h4-5,7-8,13,15H,6,9-12,19H2,1-3H3. The Balaban J connectivity index is 2.45. The average Bonchev–Trinajstić information content (AvgIpc) is 2.45. The highest BCUT2D eigenvalue weighted by atomic mass is 79.9. The molecular formula is C17H27BrN2O. The van der Waals surface area contributed by atoms with Crippen molar-refractivity contribution >= 4 is 21.8 Å². The Bertz CT molecular complexity index is 431. The number of benzene rings is 1. The number of hydrogen-bond donors (Lipinski definition) is 1. The van der Waals surface area contributed by atoms with E-state index in [2.05, 4.69) is 29.8 Å². The van der Waals surface area contributed by atoms with Crippen LogP contribution >= 0.6 is 15.9 Å². The Morgan fingerprint density at radius 3 is 2.38 bits per heavy atom. The molecule has 4 heteroatoms. The highest BCUT2D eigenvalue weighted by Gasteiger charge is 2.16. The molecule has 0 aromatic heterocycles. The van der Waals surface area contributed by atoms with Gasteiger partial charge >= 0.3 is 0 Å². The van der Waals surface area contributed by atoms with Gasteiger partial charge in [-0.3, -0.25) is 4.79 Å². The first-order valence-corrected chi connectivity index (χ1v) is 8.41. The van der Waals surface area contributed by atoms with Gasteiger partial charge < -0.3 is 10.6 Å². The lowest BCUT2D eigenvalue weighted by Gasteiger charge is -2.22. The first-order valence-electron chi connectivity index (χ1n) is 7.62. The molecule has 0 aliphatic heterocycles. The summed E-state index contributed by atoms with van der Waals surface area (Å²) in [4.78, 5) is 14.0. The first-order chi connectivity index (χ1) is 9.93. The Labute approximate surface area is 137 Å². The van der Waals surface area contributed by atoms with Gasteiger partial charge in [0.05, 0.1) is 0 Å². The number of halogens is 1. The van der Waals surface area contributed by atoms with E-state index in [0.717, 1.165) is 22.9 Å². The quantitative estimate of drug-likeness (QED) is 0.771. The van der Waals surface area contributed by atoms with E-state index in [4.69, 9.17) is 5.73 Å². The second-order valence-corrected chi connectivity index (χ2v) is 6.91. The molecule has 0 heterocycles. The lowest BCUT2D eigenvalue weighted by atomic mass is 9.88. The van der Waals surface area contributed by atoms with E-state index >= 15 is 0 Å². The second-order valence-electron chi connectivity index (χ2n) is 6.00. The second kappa shape index (κ2) is 9.21. The zero-order chi connectivity index (χ0) is 15.8. The van der Waals surface area contributed by atoms with E-state index in [1.807, 2.05) is 36.2 Å². The largest absolute Gasteiger partial charge is 0.341 e. The van der Waals surface area contributed by atoms with Crippen LogP contribution in [0.5, 0.6) is 0 Å². The minimum Gasteiger partial charge on any atom is -0.341 e. The summed E-state index contributed by atoms with van der Waals surface area (Å²) in [6.07, 6.45) is 2.54. The molecule has 0 aliphatic rings. The molecule has 1 rings (SSSR count). The molecular weight excluding hydrogens is 328 g/mol. The van der Waals surface area contributed by atoms with Crippen molar-refractivity contribution in [3.05, 3.63) is 34.3 Å². The van der Waals surface area contributed by atoms with Crippen LogP contribution in [0.3, 0.4) is 0 Å². The van der Waals surface area contributed by atoms with Crippen LogP contribution in [0.1, 0.15) is 38.7 Å². The van der Waals surface area contributed by atoms with Gasteiger partial charge in [0, 0.05) is 24.5 Å². The van der Waals surface area contributed by atoms with Crippen LogP contribution in [0, 0.1) is 11.8 Å². The van der Waals surface area contributed by atoms with Crippen LogP contribution < -0.4 is 5.73 Å². The van der Waals surface area contributed by atoms with Gasteiger partial charge in [-0.05, 0) is 48.9 Å². The third kappa shape index (κ3) is 6.62. The fraction of sp³-hybridized carbons (Fsp3) is 0.588. The fourth-order valence-corrected chi connectivity index (χ4v) is 2.74. The van der Waals surface area contributed by atoms with Gasteiger partial charge in [-0.1, -0.05) is 41.9 Å². The van der Waals surface area contributed by atoms with Crippen molar-refractivity contribution in [1.29, 1.82) is 0 Å². The Morgan fingerprint density at radius 1 is 1.24 bits per heavy atom.